The highest BCUT2D eigenvalue weighted by molar-refractivity contribution is 7.08. The first-order valence-electron chi connectivity index (χ1n) is 7.59. The number of hydrogen-bond donors (Lipinski definition) is 0. The molecule has 1 fully saturated rings. The Morgan fingerprint density at radius 2 is 2.36 bits per heavy atom. The molecule has 1 amide bonds. The molecule has 1 atom stereocenters. The van der Waals surface area contributed by atoms with E-state index in [1.807, 2.05) is 24.8 Å². The minimum Gasteiger partial charge on any atom is -0.337 e. The van der Waals surface area contributed by atoms with Crippen LogP contribution in [0.5, 0.6) is 0 Å². The van der Waals surface area contributed by atoms with E-state index in [0.29, 0.717) is 11.4 Å². The van der Waals surface area contributed by atoms with Gasteiger partial charge in [-0.2, -0.15) is 0 Å². The zero-order valence-corrected chi connectivity index (χ0v) is 13.6. The van der Waals surface area contributed by atoms with Crippen molar-refractivity contribution in [3.05, 3.63) is 34.4 Å². The summed E-state index contributed by atoms with van der Waals surface area (Å²) in [5.41, 5.74) is 1.83. The molecule has 0 aliphatic carbocycles. The Morgan fingerprint density at radius 1 is 1.50 bits per heavy atom. The molecule has 3 rings (SSSR count). The molecule has 0 unspecified atom stereocenters. The van der Waals surface area contributed by atoms with Gasteiger partial charge in [-0.05, 0) is 43.8 Å². The van der Waals surface area contributed by atoms with Crippen LogP contribution in [-0.2, 0) is 6.42 Å². The lowest BCUT2D eigenvalue weighted by Gasteiger charge is -2.32. The summed E-state index contributed by atoms with van der Waals surface area (Å²) in [5, 5.41) is 4.04. The van der Waals surface area contributed by atoms with Crippen molar-refractivity contribution in [2.75, 3.05) is 13.1 Å². The van der Waals surface area contributed by atoms with Crippen LogP contribution in [0.3, 0.4) is 0 Å². The molecule has 0 radical (unpaired) electrons. The Kier molecular flexibility index (Phi) is 4.42. The standard InChI is InChI=1S/C15H19N5OS/c1-3-12-14(22-19-18-12)15(21)20-8-4-5-11(9-20)13-6-7-16-10(2)17-13/h6-7,11H,3-5,8-9H2,1-2H3/t11-/m0/s1. The first-order chi connectivity index (χ1) is 10.7. The zero-order chi connectivity index (χ0) is 15.5. The van der Waals surface area contributed by atoms with Gasteiger partial charge >= 0.3 is 0 Å². The molecule has 6 nitrogen and oxygen atoms in total. The molecule has 116 valence electrons. The molecule has 22 heavy (non-hydrogen) atoms. The lowest BCUT2D eigenvalue weighted by atomic mass is 9.94. The minimum absolute atomic E-state index is 0.0577. The second-order valence-electron chi connectivity index (χ2n) is 5.52. The molecule has 3 heterocycles. The molecular weight excluding hydrogens is 298 g/mol. The van der Waals surface area contributed by atoms with Crippen LogP contribution < -0.4 is 0 Å². The highest BCUT2D eigenvalue weighted by atomic mass is 32.1. The lowest BCUT2D eigenvalue weighted by Crippen LogP contribution is -2.39. The molecule has 0 saturated carbocycles. The number of hydrogen-bond acceptors (Lipinski definition) is 6. The van der Waals surface area contributed by atoms with Gasteiger partial charge in [0.1, 0.15) is 10.7 Å². The second kappa shape index (κ2) is 6.48. The Hall–Kier alpha value is -1.89. The summed E-state index contributed by atoms with van der Waals surface area (Å²) >= 11 is 1.20. The van der Waals surface area contributed by atoms with E-state index in [1.165, 1.54) is 11.5 Å². The molecule has 7 heteroatoms. The highest BCUT2D eigenvalue weighted by Crippen LogP contribution is 2.27. The van der Waals surface area contributed by atoms with Gasteiger partial charge < -0.3 is 4.90 Å². The fourth-order valence-corrected chi connectivity index (χ4v) is 3.57. The topological polar surface area (TPSA) is 71.9 Å². The summed E-state index contributed by atoms with van der Waals surface area (Å²) < 4.78 is 3.92. The van der Waals surface area contributed by atoms with Gasteiger partial charge in [-0.25, -0.2) is 9.97 Å². The summed E-state index contributed by atoms with van der Waals surface area (Å²) in [6.45, 7) is 5.39. The molecule has 2 aromatic heterocycles. The van der Waals surface area contributed by atoms with E-state index < -0.39 is 0 Å². The summed E-state index contributed by atoms with van der Waals surface area (Å²) in [5.74, 6) is 1.12. The largest absolute Gasteiger partial charge is 0.337 e. The maximum absolute atomic E-state index is 12.7. The lowest BCUT2D eigenvalue weighted by molar-refractivity contribution is 0.0709. The zero-order valence-electron chi connectivity index (χ0n) is 12.8. The average Bonchev–Trinajstić information content (AvgIpc) is 3.03. The first kappa shape index (κ1) is 15.0. The number of aromatic nitrogens is 4. The van der Waals surface area contributed by atoms with Gasteiger partial charge in [0.2, 0.25) is 0 Å². The molecular formula is C15H19N5OS. The Bertz CT molecular complexity index is 671. The summed E-state index contributed by atoms with van der Waals surface area (Å²) in [4.78, 5) is 24.0. The molecule has 1 aliphatic rings. The smallest absolute Gasteiger partial charge is 0.267 e. The van der Waals surface area contributed by atoms with Crippen molar-refractivity contribution in [3.8, 4) is 0 Å². The molecule has 2 aromatic rings. The normalized spacial score (nSPS) is 18.5. The number of piperidine rings is 1. The van der Waals surface area contributed by atoms with Gasteiger partial charge in [0.15, 0.2) is 0 Å². The molecule has 1 aliphatic heterocycles. The van der Waals surface area contributed by atoms with Crippen LogP contribution in [0.25, 0.3) is 0 Å². The molecule has 0 aromatic carbocycles. The van der Waals surface area contributed by atoms with E-state index in [9.17, 15) is 4.79 Å². The second-order valence-corrected chi connectivity index (χ2v) is 6.28. The minimum atomic E-state index is 0.0577. The van der Waals surface area contributed by atoms with Crippen LogP contribution in [0.1, 0.15) is 52.6 Å². The highest BCUT2D eigenvalue weighted by Gasteiger charge is 2.28. The van der Waals surface area contributed by atoms with Crippen LogP contribution in [0, 0.1) is 6.92 Å². The van der Waals surface area contributed by atoms with Crippen molar-refractivity contribution in [3.63, 3.8) is 0 Å². The van der Waals surface area contributed by atoms with Crippen molar-refractivity contribution in [1.82, 2.24) is 24.5 Å². The van der Waals surface area contributed by atoms with Gasteiger partial charge in [-0.15, -0.1) is 5.10 Å². The van der Waals surface area contributed by atoms with Crippen molar-refractivity contribution in [2.45, 2.75) is 39.0 Å². The molecule has 0 spiro atoms. The summed E-state index contributed by atoms with van der Waals surface area (Å²) in [7, 11) is 0. The average molecular weight is 317 g/mol. The van der Waals surface area contributed by atoms with E-state index in [-0.39, 0.29) is 11.8 Å². The Balaban J connectivity index is 1.77. The van der Waals surface area contributed by atoms with Crippen molar-refractivity contribution < 1.29 is 4.79 Å². The monoisotopic (exact) mass is 317 g/mol. The van der Waals surface area contributed by atoms with Crippen LogP contribution in [0.4, 0.5) is 0 Å². The van der Waals surface area contributed by atoms with Crippen LogP contribution in [-0.4, -0.2) is 43.5 Å². The fraction of sp³-hybridized carbons (Fsp3) is 0.533. The van der Waals surface area contributed by atoms with E-state index in [2.05, 4.69) is 19.6 Å². The number of carbonyl (C=O) groups is 1. The maximum Gasteiger partial charge on any atom is 0.267 e. The van der Waals surface area contributed by atoms with Gasteiger partial charge in [-0.1, -0.05) is 11.4 Å². The number of nitrogens with zero attached hydrogens (tertiary/aromatic N) is 5. The van der Waals surface area contributed by atoms with Gasteiger partial charge in [-0.3, -0.25) is 4.79 Å². The predicted octanol–water partition coefficient (Wildman–Crippen LogP) is 2.22. The third kappa shape index (κ3) is 2.99. The fourth-order valence-electron chi connectivity index (χ4n) is 2.85. The molecule has 0 N–H and O–H groups in total. The number of carbonyl (C=O) groups excluding carboxylic acids is 1. The Morgan fingerprint density at radius 3 is 3.14 bits per heavy atom. The van der Waals surface area contributed by atoms with Gasteiger partial charge in [0.25, 0.3) is 5.91 Å². The van der Waals surface area contributed by atoms with Gasteiger partial charge in [0.05, 0.1) is 5.69 Å². The van der Waals surface area contributed by atoms with E-state index in [1.54, 1.807) is 6.20 Å². The van der Waals surface area contributed by atoms with Crippen molar-refractivity contribution in [1.29, 1.82) is 0 Å². The summed E-state index contributed by atoms with van der Waals surface area (Å²) in [6, 6.07) is 1.96. The van der Waals surface area contributed by atoms with Gasteiger partial charge in [0, 0.05) is 30.9 Å². The predicted molar refractivity (Wildman–Crippen MR) is 83.9 cm³/mol. The number of amides is 1. The van der Waals surface area contributed by atoms with Crippen LogP contribution in [0.15, 0.2) is 12.3 Å². The van der Waals surface area contributed by atoms with E-state index in [4.69, 9.17) is 0 Å². The van der Waals surface area contributed by atoms with Crippen LogP contribution >= 0.6 is 11.5 Å². The van der Waals surface area contributed by atoms with E-state index in [0.717, 1.165) is 43.0 Å². The van der Waals surface area contributed by atoms with Crippen molar-refractivity contribution in [2.24, 2.45) is 0 Å². The first-order valence-corrected chi connectivity index (χ1v) is 8.36. The summed E-state index contributed by atoms with van der Waals surface area (Å²) in [6.07, 6.45) is 4.58. The number of aryl methyl sites for hydroxylation is 2. The quantitative estimate of drug-likeness (QED) is 0.868. The number of rotatable bonds is 3. The Labute approximate surface area is 133 Å². The molecule has 0 bridgehead atoms. The third-order valence-electron chi connectivity index (χ3n) is 4.01. The maximum atomic E-state index is 12.7. The molecule has 1 saturated heterocycles. The SMILES string of the molecule is CCc1nnsc1C(=O)N1CCC[C@H](c2ccnc(C)n2)C1. The van der Waals surface area contributed by atoms with Crippen LogP contribution in [0.2, 0.25) is 0 Å². The van der Waals surface area contributed by atoms with E-state index >= 15 is 0 Å². The number of likely N-dealkylation sites (tertiary alicyclic amines) is 1. The van der Waals surface area contributed by atoms with Crippen molar-refractivity contribution >= 4 is 17.4 Å². The third-order valence-corrected chi connectivity index (χ3v) is 4.77.